The molecule has 0 saturated carbocycles. The van der Waals surface area contributed by atoms with Crippen molar-refractivity contribution in [1.82, 2.24) is 5.32 Å². The predicted molar refractivity (Wildman–Crippen MR) is 55.9 cm³/mol. The summed E-state index contributed by atoms with van der Waals surface area (Å²) in [6.45, 7) is 6.05. The first-order valence-corrected chi connectivity index (χ1v) is 5.26. The fraction of sp³-hybridized carbons (Fsp3) is 0.818. The van der Waals surface area contributed by atoms with Crippen molar-refractivity contribution in [2.45, 2.75) is 38.2 Å². The lowest BCUT2D eigenvalue weighted by atomic mass is 10.0. The predicted octanol–water partition coefficient (Wildman–Crippen LogP) is 2.11. The molecule has 1 saturated heterocycles. The maximum absolute atomic E-state index is 5.65. The monoisotopic (exact) mass is 183 g/mol. The van der Waals surface area contributed by atoms with Gasteiger partial charge in [0.15, 0.2) is 0 Å². The van der Waals surface area contributed by atoms with E-state index in [1.807, 2.05) is 7.05 Å². The molecule has 13 heavy (non-hydrogen) atoms. The largest absolute Gasteiger partial charge is 0.378 e. The van der Waals surface area contributed by atoms with E-state index < -0.39 is 0 Å². The average molecular weight is 183 g/mol. The van der Waals surface area contributed by atoms with Gasteiger partial charge in [-0.15, -0.1) is 0 Å². The summed E-state index contributed by atoms with van der Waals surface area (Å²) in [5.74, 6) is 0. The van der Waals surface area contributed by atoms with E-state index in [1.165, 1.54) is 24.8 Å². The third-order valence-corrected chi connectivity index (χ3v) is 2.52. The third-order valence-electron chi connectivity index (χ3n) is 2.52. The van der Waals surface area contributed by atoms with Crippen molar-refractivity contribution < 1.29 is 4.74 Å². The zero-order valence-corrected chi connectivity index (χ0v) is 8.64. The van der Waals surface area contributed by atoms with Crippen molar-refractivity contribution in [2.75, 3.05) is 20.2 Å². The van der Waals surface area contributed by atoms with E-state index in [2.05, 4.69) is 11.9 Å². The van der Waals surface area contributed by atoms with Gasteiger partial charge in [0.05, 0.1) is 6.10 Å². The molecule has 0 radical (unpaired) electrons. The van der Waals surface area contributed by atoms with E-state index in [0.29, 0.717) is 6.10 Å². The van der Waals surface area contributed by atoms with Crippen LogP contribution in [0.5, 0.6) is 0 Å². The molecule has 1 heterocycles. The molecule has 1 unspecified atom stereocenters. The second-order valence-corrected chi connectivity index (χ2v) is 3.80. The highest BCUT2D eigenvalue weighted by molar-refractivity contribution is 4.97. The summed E-state index contributed by atoms with van der Waals surface area (Å²) in [5.41, 5.74) is 1.32. The molecule has 76 valence electrons. The topological polar surface area (TPSA) is 21.3 Å². The van der Waals surface area contributed by atoms with Gasteiger partial charge in [-0.1, -0.05) is 12.2 Å². The third kappa shape index (κ3) is 4.44. The Morgan fingerprint density at radius 3 is 3.00 bits per heavy atom. The molecule has 0 aromatic carbocycles. The molecule has 1 aliphatic heterocycles. The molecule has 1 aliphatic rings. The summed E-state index contributed by atoms with van der Waals surface area (Å²) in [4.78, 5) is 0. The SMILES string of the molecule is C=C(CCNC)CC1CCCCO1. The maximum atomic E-state index is 5.65. The number of rotatable bonds is 5. The molecular formula is C11H21NO. The van der Waals surface area contributed by atoms with Crippen LogP contribution >= 0.6 is 0 Å². The molecule has 1 N–H and O–H groups in total. The molecule has 0 amide bonds. The zero-order valence-electron chi connectivity index (χ0n) is 8.64. The summed E-state index contributed by atoms with van der Waals surface area (Å²) < 4.78 is 5.65. The fourth-order valence-electron chi connectivity index (χ4n) is 1.69. The maximum Gasteiger partial charge on any atom is 0.0612 e. The Morgan fingerprint density at radius 1 is 1.54 bits per heavy atom. The lowest BCUT2D eigenvalue weighted by Crippen LogP contribution is -2.20. The Bertz CT molecular complexity index is 150. The van der Waals surface area contributed by atoms with Crippen molar-refractivity contribution in [3.8, 4) is 0 Å². The van der Waals surface area contributed by atoms with Gasteiger partial charge in [-0.2, -0.15) is 0 Å². The van der Waals surface area contributed by atoms with Gasteiger partial charge in [0.25, 0.3) is 0 Å². The van der Waals surface area contributed by atoms with Crippen LogP contribution in [0.25, 0.3) is 0 Å². The first-order chi connectivity index (χ1) is 6.33. The molecule has 0 aromatic heterocycles. The minimum absolute atomic E-state index is 0.457. The van der Waals surface area contributed by atoms with Crippen LogP contribution in [0.1, 0.15) is 32.1 Å². The van der Waals surface area contributed by atoms with Gasteiger partial charge in [0.2, 0.25) is 0 Å². The van der Waals surface area contributed by atoms with Gasteiger partial charge in [0.1, 0.15) is 0 Å². The minimum atomic E-state index is 0.457. The van der Waals surface area contributed by atoms with E-state index >= 15 is 0 Å². The Hall–Kier alpha value is -0.340. The summed E-state index contributed by atoms with van der Waals surface area (Å²) >= 11 is 0. The summed E-state index contributed by atoms with van der Waals surface area (Å²) in [6, 6.07) is 0. The summed E-state index contributed by atoms with van der Waals surface area (Å²) in [7, 11) is 1.98. The van der Waals surface area contributed by atoms with Crippen molar-refractivity contribution in [2.24, 2.45) is 0 Å². The Balaban J connectivity index is 2.11. The van der Waals surface area contributed by atoms with Gasteiger partial charge >= 0.3 is 0 Å². The van der Waals surface area contributed by atoms with Crippen molar-refractivity contribution in [1.29, 1.82) is 0 Å². The summed E-state index contributed by atoms with van der Waals surface area (Å²) in [5, 5.41) is 3.13. The molecule has 1 rings (SSSR count). The van der Waals surface area contributed by atoms with Gasteiger partial charge in [-0.25, -0.2) is 0 Å². The second-order valence-electron chi connectivity index (χ2n) is 3.80. The van der Waals surface area contributed by atoms with Crippen LogP contribution in [0, 0.1) is 0 Å². The molecule has 2 nitrogen and oxygen atoms in total. The number of nitrogens with one attached hydrogen (secondary N) is 1. The lowest BCUT2D eigenvalue weighted by molar-refractivity contribution is 0.0165. The molecule has 0 aromatic rings. The van der Waals surface area contributed by atoms with Crippen LogP contribution in [0.3, 0.4) is 0 Å². The quantitative estimate of drug-likeness (QED) is 0.659. The number of hydrogen-bond acceptors (Lipinski definition) is 2. The molecule has 0 bridgehead atoms. The minimum Gasteiger partial charge on any atom is -0.378 e. The summed E-state index contributed by atoms with van der Waals surface area (Å²) in [6.07, 6.45) is 6.37. The molecular weight excluding hydrogens is 162 g/mol. The average Bonchev–Trinajstić information content (AvgIpc) is 2.16. The van der Waals surface area contributed by atoms with Gasteiger partial charge in [0, 0.05) is 6.61 Å². The Morgan fingerprint density at radius 2 is 2.38 bits per heavy atom. The van der Waals surface area contributed by atoms with Crippen LogP contribution in [0.15, 0.2) is 12.2 Å². The van der Waals surface area contributed by atoms with Crippen molar-refractivity contribution >= 4 is 0 Å². The zero-order chi connectivity index (χ0) is 9.52. The van der Waals surface area contributed by atoms with Crippen LogP contribution in [0.2, 0.25) is 0 Å². The highest BCUT2D eigenvalue weighted by atomic mass is 16.5. The number of hydrogen-bond donors (Lipinski definition) is 1. The second kappa shape index (κ2) is 6.17. The first kappa shape index (κ1) is 10.7. The Labute approximate surface area is 81.4 Å². The fourth-order valence-corrected chi connectivity index (χ4v) is 1.69. The van der Waals surface area contributed by atoms with E-state index in [4.69, 9.17) is 4.74 Å². The van der Waals surface area contributed by atoms with Crippen molar-refractivity contribution in [3.63, 3.8) is 0 Å². The molecule has 0 aliphatic carbocycles. The van der Waals surface area contributed by atoms with Crippen molar-refractivity contribution in [3.05, 3.63) is 12.2 Å². The van der Waals surface area contributed by atoms with Crippen LogP contribution < -0.4 is 5.32 Å². The van der Waals surface area contributed by atoms with Crippen LogP contribution in [-0.2, 0) is 4.74 Å². The van der Waals surface area contributed by atoms with E-state index in [0.717, 1.165) is 26.0 Å². The number of ether oxygens (including phenoxy) is 1. The molecule has 0 spiro atoms. The van der Waals surface area contributed by atoms with Gasteiger partial charge in [-0.3, -0.25) is 0 Å². The highest BCUT2D eigenvalue weighted by Gasteiger charge is 2.14. The molecule has 1 atom stereocenters. The van der Waals surface area contributed by atoms with E-state index in [1.54, 1.807) is 0 Å². The van der Waals surface area contributed by atoms with Gasteiger partial charge < -0.3 is 10.1 Å². The molecule has 2 heteroatoms. The lowest BCUT2D eigenvalue weighted by Gasteiger charge is -2.23. The van der Waals surface area contributed by atoms with E-state index in [9.17, 15) is 0 Å². The standard InChI is InChI=1S/C11H21NO/c1-10(6-7-12-2)9-11-5-3-4-8-13-11/h11-12H,1,3-9H2,2H3. The molecule has 1 fully saturated rings. The van der Waals surface area contributed by atoms with Gasteiger partial charge in [-0.05, 0) is 45.7 Å². The Kier molecular flexibility index (Phi) is 5.09. The first-order valence-electron chi connectivity index (χ1n) is 5.26. The smallest absolute Gasteiger partial charge is 0.0612 e. The normalized spacial score (nSPS) is 23.0. The van der Waals surface area contributed by atoms with Crippen LogP contribution in [-0.4, -0.2) is 26.3 Å². The van der Waals surface area contributed by atoms with E-state index in [-0.39, 0.29) is 0 Å². The van der Waals surface area contributed by atoms with Crippen LogP contribution in [0.4, 0.5) is 0 Å². The highest BCUT2D eigenvalue weighted by Crippen LogP contribution is 2.19.